The molecule has 2 rings (SSSR count). The van der Waals surface area contributed by atoms with Crippen molar-refractivity contribution in [3.05, 3.63) is 17.7 Å². The molecule has 0 bridgehead atoms. The van der Waals surface area contributed by atoms with Gasteiger partial charge in [-0.3, -0.25) is 14.5 Å². The number of carbonyl (C=O) groups excluding carboxylic acids is 2. The second kappa shape index (κ2) is 6.65. The number of rotatable bonds is 5. The summed E-state index contributed by atoms with van der Waals surface area (Å²) in [6.45, 7) is 1.37. The molecule has 0 aliphatic carbocycles. The molecule has 0 aromatic heterocycles. The van der Waals surface area contributed by atoms with E-state index in [1.807, 2.05) is 6.92 Å². The molecule has 1 unspecified atom stereocenters. The summed E-state index contributed by atoms with van der Waals surface area (Å²) in [6.07, 6.45) is -0.230. The average Bonchev–Trinajstić information content (AvgIpc) is 2.55. The summed E-state index contributed by atoms with van der Waals surface area (Å²) in [5.41, 5.74) is 0.945. The van der Waals surface area contributed by atoms with Crippen molar-refractivity contribution in [2.45, 2.75) is 26.1 Å². The highest BCUT2D eigenvalue weighted by atomic mass is 16.5. The average molecular weight is 309 g/mol. The van der Waals surface area contributed by atoms with Gasteiger partial charge in [-0.05, 0) is 24.1 Å². The van der Waals surface area contributed by atoms with Gasteiger partial charge in [-0.1, -0.05) is 6.92 Å². The lowest BCUT2D eigenvalue weighted by Gasteiger charge is -2.34. The molecule has 120 valence electrons. The first-order valence-corrected chi connectivity index (χ1v) is 6.92. The molecule has 1 amide bonds. The highest BCUT2D eigenvalue weighted by molar-refractivity contribution is 6.03. The number of hydrogen-bond acceptors (Lipinski definition) is 6. The van der Waals surface area contributed by atoms with E-state index >= 15 is 0 Å². The fourth-order valence-corrected chi connectivity index (χ4v) is 2.30. The number of aliphatic hydroxyl groups excluding tert-OH is 1. The molecule has 7 heteroatoms. The van der Waals surface area contributed by atoms with Crippen LogP contribution in [0, 0.1) is 0 Å². The van der Waals surface area contributed by atoms with Gasteiger partial charge in [0.25, 0.3) is 5.91 Å². The van der Waals surface area contributed by atoms with Gasteiger partial charge in [0.05, 0.1) is 26.5 Å². The number of esters is 1. The van der Waals surface area contributed by atoms with Gasteiger partial charge in [0.1, 0.15) is 6.54 Å². The Bertz CT molecular complexity index is 586. The summed E-state index contributed by atoms with van der Waals surface area (Å²) in [6, 6.07) is 3.24. The lowest BCUT2D eigenvalue weighted by molar-refractivity contribution is -0.140. The van der Waals surface area contributed by atoms with E-state index in [9.17, 15) is 14.7 Å². The van der Waals surface area contributed by atoms with Gasteiger partial charge in [0.2, 0.25) is 0 Å². The van der Waals surface area contributed by atoms with E-state index in [0.29, 0.717) is 29.2 Å². The van der Waals surface area contributed by atoms with E-state index in [4.69, 9.17) is 9.47 Å². The third kappa shape index (κ3) is 2.85. The molecule has 1 aromatic carbocycles. The summed E-state index contributed by atoms with van der Waals surface area (Å²) >= 11 is 0. The minimum Gasteiger partial charge on any atom is -0.493 e. The number of amides is 1. The molecular weight excluding hydrogens is 290 g/mol. The molecule has 1 aliphatic heterocycles. The number of anilines is 1. The van der Waals surface area contributed by atoms with Crippen LogP contribution in [0.15, 0.2) is 12.1 Å². The molecule has 1 atom stereocenters. The Balaban J connectivity index is 2.54. The standard InChI is InChI=1S/C15H19NO6/c1-4-11-15(19)16(7-13(18)21-3)10-5-9(8-17)6-12(20-2)14(10)22-11/h5-6,11,17H,4,7-8H2,1-3H3. The topological polar surface area (TPSA) is 85.3 Å². The van der Waals surface area contributed by atoms with E-state index < -0.39 is 12.1 Å². The Morgan fingerprint density at radius 2 is 2.14 bits per heavy atom. The van der Waals surface area contributed by atoms with Gasteiger partial charge in [-0.15, -0.1) is 0 Å². The fraction of sp³-hybridized carbons (Fsp3) is 0.467. The van der Waals surface area contributed by atoms with Crippen molar-refractivity contribution < 1.29 is 28.9 Å². The number of hydrogen-bond donors (Lipinski definition) is 1. The number of methoxy groups -OCH3 is 2. The second-order valence-electron chi connectivity index (χ2n) is 4.82. The van der Waals surface area contributed by atoms with E-state index in [2.05, 4.69) is 4.74 Å². The van der Waals surface area contributed by atoms with E-state index in [-0.39, 0.29) is 19.1 Å². The highest BCUT2D eigenvalue weighted by Crippen LogP contribution is 2.43. The quantitative estimate of drug-likeness (QED) is 0.812. The Labute approximate surface area is 128 Å². The van der Waals surface area contributed by atoms with Crippen molar-refractivity contribution in [2.75, 3.05) is 25.7 Å². The van der Waals surface area contributed by atoms with Crippen LogP contribution in [-0.2, 0) is 20.9 Å². The van der Waals surface area contributed by atoms with Crippen LogP contribution in [0.3, 0.4) is 0 Å². The first kappa shape index (κ1) is 16.1. The van der Waals surface area contributed by atoms with Crippen LogP contribution in [0.2, 0.25) is 0 Å². The maximum absolute atomic E-state index is 12.5. The molecule has 0 saturated heterocycles. The van der Waals surface area contributed by atoms with Crippen LogP contribution in [0.25, 0.3) is 0 Å². The first-order chi connectivity index (χ1) is 10.5. The molecule has 1 aliphatic rings. The molecule has 0 spiro atoms. The number of fused-ring (bicyclic) bond motifs is 1. The third-order valence-corrected chi connectivity index (χ3v) is 3.48. The zero-order chi connectivity index (χ0) is 16.3. The summed E-state index contributed by atoms with van der Waals surface area (Å²) in [7, 11) is 2.73. The van der Waals surface area contributed by atoms with Crippen LogP contribution >= 0.6 is 0 Å². The first-order valence-electron chi connectivity index (χ1n) is 6.92. The van der Waals surface area contributed by atoms with E-state index in [1.165, 1.54) is 19.1 Å². The van der Waals surface area contributed by atoms with Crippen molar-refractivity contribution in [3.63, 3.8) is 0 Å². The molecule has 22 heavy (non-hydrogen) atoms. The zero-order valence-corrected chi connectivity index (χ0v) is 12.8. The van der Waals surface area contributed by atoms with Crippen LogP contribution in [0.1, 0.15) is 18.9 Å². The maximum atomic E-state index is 12.5. The van der Waals surface area contributed by atoms with Gasteiger partial charge in [-0.2, -0.15) is 0 Å². The van der Waals surface area contributed by atoms with Crippen molar-refractivity contribution in [1.82, 2.24) is 0 Å². The van der Waals surface area contributed by atoms with E-state index in [1.54, 1.807) is 12.1 Å². The smallest absolute Gasteiger partial charge is 0.325 e. The molecule has 7 nitrogen and oxygen atoms in total. The molecular formula is C15H19NO6. The SMILES string of the molecule is CCC1Oc2c(OC)cc(CO)cc2N(CC(=O)OC)C1=O. The van der Waals surface area contributed by atoms with Gasteiger partial charge >= 0.3 is 5.97 Å². The predicted octanol–water partition coefficient (Wildman–Crippen LogP) is 0.864. The van der Waals surface area contributed by atoms with Crippen LogP contribution in [0.4, 0.5) is 5.69 Å². The summed E-state index contributed by atoms with van der Waals surface area (Å²) < 4.78 is 15.6. The van der Waals surface area contributed by atoms with Crippen LogP contribution < -0.4 is 14.4 Å². The molecule has 1 heterocycles. The fourth-order valence-electron chi connectivity index (χ4n) is 2.30. The van der Waals surface area contributed by atoms with Crippen molar-refractivity contribution >= 4 is 17.6 Å². The number of nitrogens with zero attached hydrogens (tertiary/aromatic N) is 1. The van der Waals surface area contributed by atoms with Gasteiger partial charge in [0.15, 0.2) is 17.6 Å². The van der Waals surface area contributed by atoms with Crippen LogP contribution in [0.5, 0.6) is 11.5 Å². The Hall–Kier alpha value is -2.28. The largest absolute Gasteiger partial charge is 0.493 e. The lowest BCUT2D eigenvalue weighted by atomic mass is 10.1. The highest BCUT2D eigenvalue weighted by Gasteiger charge is 2.36. The summed E-state index contributed by atoms with van der Waals surface area (Å²) in [5, 5.41) is 9.35. The van der Waals surface area contributed by atoms with Crippen LogP contribution in [-0.4, -0.2) is 43.9 Å². The normalized spacial score (nSPS) is 16.8. The molecule has 1 N–H and O–H groups in total. The Morgan fingerprint density at radius 1 is 1.41 bits per heavy atom. The minimum atomic E-state index is -0.689. The van der Waals surface area contributed by atoms with Gasteiger partial charge in [-0.25, -0.2) is 0 Å². The Kier molecular flexibility index (Phi) is 4.87. The van der Waals surface area contributed by atoms with E-state index in [0.717, 1.165) is 0 Å². The summed E-state index contributed by atoms with van der Waals surface area (Å²) in [4.78, 5) is 25.4. The molecule has 1 aromatic rings. The molecule has 0 saturated carbocycles. The van der Waals surface area contributed by atoms with Gasteiger partial charge in [0, 0.05) is 0 Å². The Morgan fingerprint density at radius 3 is 2.68 bits per heavy atom. The number of benzene rings is 1. The number of carbonyl (C=O) groups is 2. The van der Waals surface area contributed by atoms with Crippen molar-refractivity contribution in [3.8, 4) is 11.5 Å². The van der Waals surface area contributed by atoms with Crippen molar-refractivity contribution in [2.24, 2.45) is 0 Å². The van der Waals surface area contributed by atoms with Crippen molar-refractivity contribution in [1.29, 1.82) is 0 Å². The second-order valence-corrected chi connectivity index (χ2v) is 4.82. The third-order valence-electron chi connectivity index (χ3n) is 3.48. The monoisotopic (exact) mass is 309 g/mol. The maximum Gasteiger partial charge on any atom is 0.325 e. The molecule has 0 fully saturated rings. The number of ether oxygens (including phenoxy) is 3. The lowest BCUT2D eigenvalue weighted by Crippen LogP contribution is -2.48. The zero-order valence-electron chi connectivity index (χ0n) is 12.8. The van der Waals surface area contributed by atoms with Gasteiger partial charge < -0.3 is 19.3 Å². The molecule has 0 radical (unpaired) electrons. The summed E-state index contributed by atoms with van der Waals surface area (Å²) in [5.74, 6) is -0.0700. The number of aliphatic hydroxyl groups is 1. The predicted molar refractivity (Wildman–Crippen MR) is 78.0 cm³/mol. The minimum absolute atomic E-state index is 0.221.